The van der Waals surface area contributed by atoms with Crippen molar-refractivity contribution in [2.75, 3.05) is 37.7 Å². The number of nitrogens with zero attached hydrogens (tertiary/aromatic N) is 2. The van der Waals surface area contributed by atoms with E-state index in [4.69, 9.17) is 9.84 Å². The Morgan fingerprint density at radius 2 is 1.86 bits per heavy atom. The molecule has 0 aromatic heterocycles. The molecule has 1 aromatic carbocycles. The number of anilines is 1. The first-order valence-corrected chi connectivity index (χ1v) is 7.08. The minimum absolute atomic E-state index is 0.319. The van der Waals surface area contributed by atoms with Gasteiger partial charge in [0, 0.05) is 26.2 Å². The van der Waals surface area contributed by atoms with E-state index in [9.17, 15) is 9.59 Å². The number of carbonyl (C=O) groups is 2. The normalized spacial score (nSPS) is 14.9. The molecule has 0 saturated carbocycles. The third kappa shape index (κ3) is 3.87. The smallest absolute Gasteiger partial charge is 0.312 e. The van der Waals surface area contributed by atoms with Crippen LogP contribution >= 0.6 is 0 Å². The number of amides is 1. The summed E-state index contributed by atoms with van der Waals surface area (Å²) in [6.45, 7) is 4.97. The molecule has 21 heavy (non-hydrogen) atoms. The van der Waals surface area contributed by atoms with Gasteiger partial charge in [0.1, 0.15) is 12.2 Å². The van der Waals surface area contributed by atoms with E-state index in [2.05, 4.69) is 4.90 Å². The zero-order valence-corrected chi connectivity index (χ0v) is 12.1. The predicted octanol–water partition coefficient (Wildman–Crippen LogP) is 1.21. The molecular weight excluding hydrogens is 272 g/mol. The van der Waals surface area contributed by atoms with E-state index >= 15 is 0 Å². The quantitative estimate of drug-likeness (QED) is 0.826. The van der Waals surface area contributed by atoms with E-state index < -0.39 is 12.4 Å². The van der Waals surface area contributed by atoms with Crippen molar-refractivity contribution in [3.8, 4) is 5.75 Å². The molecule has 1 aliphatic heterocycles. The molecule has 0 spiro atoms. The topological polar surface area (TPSA) is 70.1 Å². The van der Waals surface area contributed by atoms with Crippen molar-refractivity contribution in [2.45, 2.75) is 13.3 Å². The number of para-hydroxylation sites is 2. The van der Waals surface area contributed by atoms with Crippen LogP contribution in [0.15, 0.2) is 24.3 Å². The minimum Gasteiger partial charge on any atom is -0.492 e. The molecule has 0 radical (unpaired) electrons. The summed E-state index contributed by atoms with van der Waals surface area (Å²) in [5, 5.41) is 8.67. The molecule has 114 valence electrons. The van der Waals surface area contributed by atoms with Gasteiger partial charge < -0.3 is 19.6 Å². The fourth-order valence-electron chi connectivity index (χ4n) is 2.43. The number of hydrogen-bond acceptors (Lipinski definition) is 4. The maximum Gasteiger partial charge on any atom is 0.312 e. The molecule has 1 fully saturated rings. The Kier molecular flexibility index (Phi) is 5.03. The number of carbonyl (C=O) groups excluding carboxylic acids is 1. The third-order valence-corrected chi connectivity index (χ3v) is 3.44. The van der Waals surface area contributed by atoms with E-state index in [1.165, 1.54) is 0 Å². The number of carboxylic acids is 1. The summed E-state index contributed by atoms with van der Waals surface area (Å²) in [5.41, 5.74) is 1.02. The summed E-state index contributed by atoms with van der Waals surface area (Å²) in [4.78, 5) is 26.1. The first-order valence-electron chi connectivity index (χ1n) is 7.08. The summed E-state index contributed by atoms with van der Waals surface area (Å²) >= 11 is 0. The summed E-state index contributed by atoms with van der Waals surface area (Å²) in [6.07, 6.45) is -0.435. The fourth-order valence-corrected chi connectivity index (χ4v) is 2.43. The van der Waals surface area contributed by atoms with Crippen molar-refractivity contribution < 1.29 is 19.4 Å². The van der Waals surface area contributed by atoms with Crippen LogP contribution in [-0.2, 0) is 9.59 Å². The largest absolute Gasteiger partial charge is 0.492 e. The predicted molar refractivity (Wildman–Crippen MR) is 78.7 cm³/mol. The number of piperazine rings is 1. The van der Waals surface area contributed by atoms with Crippen molar-refractivity contribution >= 4 is 17.6 Å². The van der Waals surface area contributed by atoms with Crippen LogP contribution in [-0.4, -0.2) is 54.7 Å². The van der Waals surface area contributed by atoms with Crippen molar-refractivity contribution in [3.63, 3.8) is 0 Å². The monoisotopic (exact) mass is 292 g/mol. The average Bonchev–Trinajstić information content (AvgIpc) is 2.48. The molecule has 2 rings (SSSR count). The molecule has 0 aliphatic carbocycles. The SMILES string of the molecule is CCOc1ccccc1N1CCN(C(=O)CC(=O)O)CC1. The lowest BCUT2D eigenvalue weighted by Gasteiger charge is -2.36. The Morgan fingerprint density at radius 3 is 2.48 bits per heavy atom. The molecule has 1 aliphatic rings. The maximum atomic E-state index is 11.7. The number of benzene rings is 1. The van der Waals surface area contributed by atoms with E-state index in [1.807, 2.05) is 31.2 Å². The van der Waals surface area contributed by atoms with Crippen LogP contribution in [0.2, 0.25) is 0 Å². The third-order valence-electron chi connectivity index (χ3n) is 3.44. The second-order valence-corrected chi connectivity index (χ2v) is 4.84. The maximum absolute atomic E-state index is 11.7. The van der Waals surface area contributed by atoms with Gasteiger partial charge in [0.15, 0.2) is 0 Å². The highest BCUT2D eigenvalue weighted by atomic mass is 16.5. The van der Waals surface area contributed by atoms with E-state index in [0.717, 1.165) is 11.4 Å². The Bertz CT molecular complexity index is 510. The molecule has 1 saturated heterocycles. The van der Waals surface area contributed by atoms with Crippen molar-refractivity contribution in [2.24, 2.45) is 0 Å². The summed E-state index contributed by atoms with van der Waals surface area (Å²) in [6, 6.07) is 7.82. The molecule has 6 heteroatoms. The Morgan fingerprint density at radius 1 is 1.19 bits per heavy atom. The number of hydrogen-bond donors (Lipinski definition) is 1. The van der Waals surface area contributed by atoms with Crippen molar-refractivity contribution in [1.29, 1.82) is 0 Å². The standard InChI is InChI=1S/C15H20N2O4/c1-2-21-13-6-4-3-5-12(13)16-7-9-17(10-8-16)14(18)11-15(19)20/h3-6H,2,7-11H2,1H3,(H,19,20). The van der Waals surface area contributed by atoms with Gasteiger partial charge in [-0.2, -0.15) is 0 Å². The first kappa shape index (κ1) is 15.2. The van der Waals surface area contributed by atoms with Crippen molar-refractivity contribution in [1.82, 2.24) is 4.90 Å². The zero-order chi connectivity index (χ0) is 15.2. The van der Waals surface area contributed by atoms with Crippen LogP contribution in [0.25, 0.3) is 0 Å². The van der Waals surface area contributed by atoms with Crippen LogP contribution in [0.1, 0.15) is 13.3 Å². The molecule has 1 N–H and O–H groups in total. The van der Waals surface area contributed by atoms with Crippen LogP contribution in [0.4, 0.5) is 5.69 Å². The minimum atomic E-state index is -1.08. The van der Waals surface area contributed by atoms with Gasteiger partial charge in [-0.1, -0.05) is 12.1 Å². The summed E-state index contributed by atoms with van der Waals surface area (Å²) in [5.74, 6) is -0.560. The lowest BCUT2D eigenvalue weighted by atomic mass is 10.2. The van der Waals surface area contributed by atoms with Crippen LogP contribution in [0, 0.1) is 0 Å². The van der Waals surface area contributed by atoms with Gasteiger partial charge >= 0.3 is 5.97 Å². The Hall–Kier alpha value is -2.24. The average molecular weight is 292 g/mol. The van der Waals surface area contributed by atoms with E-state index in [-0.39, 0.29) is 5.91 Å². The lowest BCUT2D eigenvalue weighted by molar-refractivity contribution is -0.144. The molecular formula is C15H20N2O4. The summed E-state index contributed by atoms with van der Waals surface area (Å²) in [7, 11) is 0. The van der Waals surface area contributed by atoms with Gasteiger partial charge in [-0.3, -0.25) is 9.59 Å². The molecule has 6 nitrogen and oxygen atoms in total. The number of aliphatic carboxylic acids is 1. The van der Waals surface area contributed by atoms with Crippen LogP contribution in [0.3, 0.4) is 0 Å². The number of rotatable bonds is 5. The van der Waals surface area contributed by atoms with Gasteiger partial charge in [0.25, 0.3) is 0 Å². The number of ether oxygens (including phenoxy) is 1. The van der Waals surface area contributed by atoms with Gasteiger partial charge in [-0.15, -0.1) is 0 Å². The molecule has 0 unspecified atom stereocenters. The molecule has 1 amide bonds. The molecule has 0 atom stereocenters. The van der Waals surface area contributed by atoms with Gasteiger partial charge in [0.05, 0.1) is 12.3 Å². The highest BCUT2D eigenvalue weighted by Gasteiger charge is 2.23. The van der Waals surface area contributed by atoms with Crippen LogP contribution < -0.4 is 9.64 Å². The van der Waals surface area contributed by atoms with Crippen molar-refractivity contribution in [3.05, 3.63) is 24.3 Å². The molecule has 0 bridgehead atoms. The fraction of sp³-hybridized carbons (Fsp3) is 0.467. The zero-order valence-electron chi connectivity index (χ0n) is 12.1. The van der Waals surface area contributed by atoms with Gasteiger partial charge in [-0.25, -0.2) is 0 Å². The first-order chi connectivity index (χ1) is 10.1. The Balaban J connectivity index is 1.98. The van der Waals surface area contributed by atoms with Crippen LogP contribution in [0.5, 0.6) is 5.75 Å². The van der Waals surface area contributed by atoms with Gasteiger partial charge in [-0.05, 0) is 19.1 Å². The van der Waals surface area contributed by atoms with E-state index in [1.54, 1.807) is 4.90 Å². The lowest BCUT2D eigenvalue weighted by Crippen LogP contribution is -2.49. The Labute approximate surface area is 123 Å². The second-order valence-electron chi connectivity index (χ2n) is 4.84. The highest BCUT2D eigenvalue weighted by Crippen LogP contribution is 2.28. The van der Waals surface area contributed by atoms with Gasteiger partial charge in [0.2, 0.25) is 5.91 Å². The highest BCUT2D eigenvalue weighted by molar-refractivity contribution is 5.93. The molecule has 1 aromatic rings. The summed E-state index contributed by atoms with van der Waals surface area (Å²) < 4.78 is 5.62. The second kappa shape index (κ2) is 6.97. The number of carboxylic acid groups (broad SMARTS) is 1. The molecule has 1 heterocycles. The van der Waals surface area contributed by atoms with E-state index in [0.29, 0.717) is 32.8 Å².